The van der Waals surface area contributed by atoms with Crippen LogP contribution in [0.15, 0.2) is 36.4 Å². The Morgan fingerprint density at radius 3 is 1.42 bits per heavy atom. The van der Waals surface area contributed by atoms with Crippen molar-refractivity contribution >= 4 is 11.4 Å². The van der Waals surface area contributed by atoms with Crippen LogP contribution in [0.2, 0.25) is 0 Å². The quantitative estimate of drug-likeness (QED) is 0.831. The third kappa shape index (κ3) is 2.91. The Morgan fingerprint density at radius 1 is 0.737 bits per heavy atom. The molecule has 0 unspecified atom stereocenters. The summed E-state index contributed by atoms with van der Waals surface area (Å²) in [6.07, 6.45) is 0. The maximum Gasteiger partial charge on any atom is 0.142 e. The van der Waals surface area contributed by atoms with E-state index in [1.165, 1.54) is 0 Å². The van der Waals surface area contributed by atoms with Gasteiger partial charge in [-0.15, -0.1) is 0 Å². The third-order valence-electron chi connectivity index (χ3n) is 2.80. The van der Waals surface area contributed by atoms with E-state index in [1.54, 1.807) is 14.2 Å². The van der Waals surface area contributed by atoms with Crippen molar-refractivity contribution in [1.82, 2.24) is 0 Å². The first-order chi connectivity index (χ1) is 8.65. The lowest BCUT2D eigenvalue weighted by molar-refractivity contribution is 0.416. The summed E-state index contributed by atoms with van der Waals surface area (Å²) < 4.78 is 10.4. The van der Waals surface area contributed by atoms with Gasteiger partial charge in [0.2, 0.25) is 0 Å². The molecule has 0 aromatic heterocycles. The Hall–Kier alpha value is -2.36. The van der Waals surface area contributed by atoms with Gasteiger partial charge in [0.15, 0.2) is 0 Å². The van der Waals surface area contributed by atoms with Crippen LogP contribution in [-0.2, 0) is 0 Å². The predicted octanol–water partition coefficient (Wildman–Crippen LogP) is 3.17. The van der Waals surface area contributed by atoms with E-state index in [0.29, 0.717) is 22.9 Å². The molecule has 0 aliphatic rings. The van der Waals surface area contributed by atoms with E-state index in [9.17, 15) is 0 Å². The van der Waals surface area contributed by atoms with Gasteiger partial charge in [0.25, 0.3) is 0 Å². The molecule has 0 aliphatic heterocycles. The molecule has 2 aromatic carbocycles. The fourth-order valence-corrected chi connectivity index (χ4v) is 1.78. The van der Waals surface area contributed by atoms with Crippen molar-refractivity contribution in [3.05, 3.63) is 36.4 Å². The van der Waals surface area contributed by atoms with Gasteiger partial charge in [-0.25, -0.2) is 0 Å². The van der Waals surface area contributed by atoms with Crippen LogP contribution in [-0.4, -0.2) is 14.2 Å². The van der Waals surface area contributed by atoms with Crippen molar-refractivity contribution in [2.24, 2.45) is 0 Å². The molecule has 0 fully saturated rings. The topological polar surface area (TPSA) is 70.5 Å². The minimum atomic E-state index is 0. The van der Waals surface area contributed by atoms with E-state index in [4.69, 9.17) is 20.9 Å². The van der Waals surface area contributed by atoms with E-state index in [0.717, 1.165) is 11.1 Å². The largest absolute Gasteiger partial charge is 0.495 e. The van der Waals surface area contributed by atoms with Crippen molar-refractivity contribution < 1.29 is 9.47 Å². The smallest absolute Gasteiger partial charge is 0.142 e. The summed E-state index contributed by atoms with van der Waals surface area (Å²) in [5.41, 5.74) is 14.8. The molecular formula is C15H20N2O2. The minimum Gasteiger partial charge on any atom is -0.495 e. The van der Waals surface area contributed by atoms with Crippen molar-refractivity contribution in [2.45, 2.75) is 7.43 Å². The zero-order valence-corrected chi connectivity index (χ0v) is 10.4. The number of methoxy groups -OCH3 is 2. The maximum atomic E-state index is 5.79. The van der Waals surface area contributed by atoms with Crippen LogP contribution in [0.5, 0.6) is 11.5 Å². The molecule has 4 heteroatoms. The number of anilines is 2. The van der Waals surface area contributed by atoms with E-state index in [-0.39, 0.29) is 7.43 Å². The summed E-state index contributed by atoms with van der Waals surface area (Å²) in [5.74, 6) is 1.31. The lowest BCUT2D eigenvalue weighted by Gasteiger charge is -2.10. The molecule has 0 spiro atoms. The molecule has 0 bridgehead atoms. The highest BCUT2D eigenvalue weighted by Gasteiger charge is 2.06. The van der Waals surface area contributed by atoms with Gasteiger partial charge in [-0.05, 0) is 35.4 Å². The zero-order chi connectivity index (χ0) is 13.1. The molecule has 19 heavy (non-hydrogen) atoms. The molecular weight excluding hydrogens is 240 g/mol. The summed E-state index contributed by atoms with van der Waals surface area (Å²) in [6, 6.07) is 11.3. The number of hydrogen-bond acceptors (Lipinski definition) is 4. The first-order valence-corrected chi connectivity index (χ1v) is 5.53. The normalized spacial score (nSPS) is 9.58. The number of rotatable bonds is 3. The van der Waals surface area contributed by atoms with Crippen LogP contribution in [0, 0.1) is 0 Å². The highest BCUT2D eigenvalue weighted by molar-refractivity contribution is 5.73. The Bertz CT molecular complexity index is 517. The third-order valence-corrected chi connectivity index (χ3v) is 2.80. The standard InChI is InChI=1S/C14H16N2O2.CH4/c1-17-13-7-9(3-5-11(13)15)10-4-6-12(16)14(8-10)18-2;/h3-8H,15-16H2,1-2H3;1H4. The molecule has 0 aliphatic carbocycles. The van der Waals surface area contributed by atoms with E-state index in [1.807, 2.05) is 36.4 Å². The average Bonchev–Trinajstić information content (AvgIpc) is 2.40. The van der Waals surface area contributed by atoms with Gasteiger partial charge >= 0.3 is 0 Å². The second-order valence-corrected chi connectivity index (χ2v) is 3.91. The monoisotopic (exact) mass is 260 g/mol. The van der Waals surface area contributed by atoms with Crippen molar-refractivity contribution in [3.63, 3.8) is 0 Å². The van der Waals surface area contributed by atoms with Crippen LogP contribution < -0.4 is 20.9 Å². The van der Waals surface area contributed by atoms with E-state index < -0.39 is 0 Å². The van der Waals surface area contributed by atoms with Gasteiger partial charge in [-0.3, -0.25) is 0 Å². The number of nitrogens with two attached hydrogens (primary N) is 2. The number of ether oxygens (including phenoxy) is 2. The predicted molar refractivity (Wildman–Crippen MR) is 80.5 cm³/mol. The Morgan fingerprint density at radius 2 is 1.11 bits per heavy atom. The van der Waals surface area contributed by atoms with Crippen molar-refractivity contribution in [1.29, 1.82) is 0 Å². The second kappa shape index (κ2) is 6.00. The lowest BCUT2D eigenvalue weighted by Crippen LogP contribution is -1.94. The molecule has 0 amide bonds. The minimum absolute atomic E-state index is 0. The van der Waals surface area contributed by atoms with Gasteiger partial charge < -0.3 is 20.9 Å². The Balaban J connectivity index is 0.00000180. The molecule has 102 valence electrons. The molecule has 0 radical (unpaired) electrons. The molecule has 2 aromatic rings. The summed E-state index contributed by atoms with van der Waals surface area (Å²) in [6.45, 7) is 0. The zero-order valence-electron chi connectivity index (χ0n) is 10.4. The summed E-state index contributed by atoms with van der Waals surface area (Å²) in [4.78, 5) is 0. The highest BCUT2D eigenvalue weighted by atomic mass is 16.5. The van der Waals surface area contributed by atoms with E-state index >= 15 is 0 Å². The summed E-state index contributed by atoms with van der Waals surface area (Å²) in [7, 11) is 3.19. The molecule has 0 heterocycles. The second-order valence-electron chi connectivity index (χ2n) is 3.91. The Labute approximate surface area is 113 Å². The molecule has 2 rings (SSSR count). The maximum absolute atomic E-state index is 5.79. The molecule has 4 N–H and O–H groups in total. The van der Waals surface area contributed by atoms with Gasteiger partial charge in [0, 0.05) is 0 Å². The number of nitrogen functional groups attached to an aromatic ring is 2. The van der Waals surface area contributed by atoms with Gasteiger partial charge in [0.1, 0.15) is 11.5 Å². The van der Waals surface area contributed by atoms with Crippen LogP contribution in [0.3, 0.4) is 0 Å². The van der Waals surface area contributed by atoms with Crippen molar-refractivity contribution in [2.75, 3.05) is 25.7 Å². The molecule has 0 saturated heterocycles. The van der Waals surface area contributed by atoms with Gasteiger partial charge in [-0.1, -0.05) is 19.6 Å². The van der Waals surface area contributed by atoms with E-state index in [2.05, 4.69) is 0 Å². The molecule has 4 nitrogen and oxygen atoms in total. The summed E-state index contributed by atoms with van der Waals surface area (Å²) in [5, 5.41) is 0. The SMILES string of the molecule is C.COc1cc(-c2ccc(N)c(OC)c2)ccc1N. The lowest BCUT2D eigenvalue weighted by atomic mass is 10.0. The first kappa shape index (κ1) is 14.7. The van der Waals surface area contributed by atoms with Gasteiger partial charge in [0.05, 0.1) is 25.6 Å². The average molecular weight is 260 g/mol. The van der Waals surface area contributed by atoms with Crippen LogP contribution in [0.4, 0.5) is 11.4 Å². The highest BCUT2D eigenvalue weighted by Crippen LogP contribution is 2.32. The van der Waals surface area contributed by atoms with Crippen LogP contribution >= 0.6 is 0 Å². The van der Waals surface area contributed by atoms with Crippen molar-refractivity contribution in [3.8, 4) is 22.6 Å². The Kier molecular flexibility index (Phi) is 4.64. The van der Waals surface area contributed by atoms with Crippen LogP contribution in [0.25, 0.3) is 11.1 Å². The summed E-state index contributed by atoms with van der Waals surface area (Å²) >= 11 is 0. The fraction of sp³-hybridized carbons (Fsp3) is 0.200. The first-order valence-electron chi connectivity index (χ1n) is 5.53. The molecule has 0 saturated carbocycles. The number of benzene rings is 2. The molecule has 0 atom stereocenters. The van der Waals surface area contributed by atoms with Gasteiger partial charge in [-0.2, -0.15) is 0 Å². The fourth-order valence-electron chi connectivity index (χ4n) is 1.78. The van der Waals surface area contributed by atoms with Crippen LogP contribution in [0.1, 0.15) is 7.43 Å². The number of hydrogen-bond donors (Lipinski definition) is 2.